The zero-order valence-electron chi connectivity index (χ0n) is 8.99. The summed E-state index contributed by atoms with van der Waals surface area (Å²) in [5.41, 5.74) is 0.517. The van der Waals surface area contributed by atoms with Gasteiger partial charge in [0, 0.05) is 11.6 Å². The standard InChI is InChI=1S/C13H7Cl3O2/c14-10-5-12(16)13(6-11(10)15)18-9-3-1-2-8(4-9)7-17/h1-7H. The fraction of sp³-hybridized carbons (Fsp3) is 0. The molecule has 5 heteroatoms. The Kier molecular flexibility index (Phi) is 4.12. The molecule has 2 rings (SSSR count). The van der Waals surface area contributed by atoms with Crippen molar-refractivity contribution in [3.63, 3.8) is 0 Å². The lowest BCUT2D eigenvalue weighted by molar-refractivity contribution is 0.112. The molecule has 0 aliphatic carbocycles. The third-order valence-corrected chi connectivity index (χ3v) is 3.21. The van der Waals surface area contributed by atoms with Crippen molar-refractivity contribution >= 4 is 41.1 Å². The first kappa shape index (κ1) is 13.2. The Morgan fingerprint density at radius 2 is 1.67 bits per heavy atom. The summed E-state index contributed by atoms with van der Waals surface area (Å²) in [5, 5.41) is 1.05. The van der Waals surface area contributed by atoms with Gasteiger partial charge in [-0.15, -0.1) is 0 Å². The van der Waals surface area contributed by atoms with Crippen molar-refractivity contribution in [2.45, 2.75) is 0 Å². The molecule has 0 unspecified atom stereocenters. The number of halogens is 3. The van der Waals surface area contributed by atoms with E-state index in [1.165, 1.54) is 12.1 Å². The van der Waals surface area contributed by atoms with Crippen LogP contribution in [-0.4, -0.2) is 6.29 Å². The quantitative estimate of drug-likeness (QED) is 0.571. The summed E-state index contributed by atoms with van der Waals surface area (Å²) in [6.45, 7) is 0. The average Bonchev–Trinajstić information content (AvgIpc) is 2.36. The van der Waals surface area contributed by atoms with Crippen molar-refractivity contribution in [2.75, 3.05) is 0 Å². The van der Waals surface area contributed by atoms with Gasteiger partial charge in [0.2, 0.25) is 0 Å². The Morgan fingerprint density at radius 3 is 2.39 bits per heavy atom. The van der Waals surface area contributed by atoms with Gasteiger partial charge in [0.1, 0.15) is 17.8 Å². The van der Waals surface area contributed by atoms with Crippen LogP contribution in [0.5, 0.6) is 11.5 Å². The number of benzene rings is 2. The molecule has 2 aromatic carbocycles. The molecule has 0 saturated carbocycles. The minimum atomic E-state index is 0.348. The lowest BCUT2D eigenvalue weighted by atomic mass is 10.2. The Balaban J connectivity index is 2.33. The van der Waals surface area contributed by atoms with E-state index in [0.29, 0.717) is 32.1 Å². The molecule has 2 nitrogen and oxygen atoms in total. The fourth-order valence-electron chi connectivity index (χ4n) is 1.36. The van der Waals surface area contributed by atoms with Gasteiger partial charge in [0.05, 0.1) is 15.1 Å². The van der Waals surface area contributed by atoms with Crippen LogP contribution in [-0.2, 0) is 0 Å². The predicted molar refractivity (Wildman–Crippen MR) is 73.4 cm³/mol. The first-order valence-corrected chi connectivity index (χ1v) is 6.11. The van der Waals surface area contributed by atoms with Crippen molar-refractivity contribution in [3.8, 4) is 11.5 Å². The van der Waals surface area contributed by atoms with E-state index in [2.05, 4.69) is 0 Å². The molecule has 18 heavy (non-hydrogen) atoms. The van der Waals surface area contributed by atoms with E-state index in [4.69, 9.17) is 39.5 Å². The van der Waals surface area contributed by atoms with Crippen LogP contribution in [0.3, 0.4) is 0 Å². The van der Waals surface area contributed by atoms with Crippen LogP contribution in [0.15, 0.2) is 36.4 Å². The monoisotopic (exact) mass is 300 g/mol. The molecular weight excluding hydrogens is 294 g/mol. The smallest absolute Gasteiger partial charge is 0.150 e. The number of carbonyl (C=O) groups excluding carboxylic acids is 1. The van der Waals surface area contributed by atoms with Gasteiger partial charge in [-0.3, -0.25) is 4.79 Å². The molecule has 0 spiro atoms. The predicted octanol–water partition coefficient (Wildman–Crippen LogP) is 5.25. The molecule has 0 heterocycles. The van der Waals surface area contributed by atoms with Gasteiger partial charge in [-0.1, -0.05) is 46.9 Å². The summed E-state index contributed by atoms with van der Waals surface area (Å²) in [4.78, 5) is 10.7. The second-order valence-electron chi connectivity index (χ2n) is 3.49. The molecule has 0 saturated heterocycles. The molecule has 0 aliphatic heterocycles. The molecule has 0 fully saturated rings. The van der Waals surface area contributed by atoms with Gasteiger partial charge in [-0.05, 0) is 18.2 Å². The first-order chi connectivity index (χ1) is 8.60. The number of hydrogen-bond acceptors (Lipinski definition) is 2. The third-order valence-electron chi connectivity index (χ3n) is 2.20. The molecule has 0 radical (unpaired) electrons. The normalized spacial score (nSPS) is 10.2. The molecule has 0 bridgehead atoms. The summed E-state index contributed by atoms with van der Waals surface area (Å²) in [6.07, 6.45) is 0.739. The van der Waals surface area contributed by atoms with Crippen LogP contribution < -0.4 is 4.74 Å². The van der Waals surface area contributed by atoms with Crippen molar-refractivity contribution in [1.82, 2.24) is 0 Å². The highest BCUT2D eigenvalue weighted by molar-refractivity contribution is 6.43. The summed E-state index contributed by atoms with van der Waals surface area (Å²) in [5.74, 6) is 0.883. The van der Waals surface area contributed by atoms with Gasteiger partial charge in [-0.25, -0.2) is 0 Å². The summed E-state index contributed by atoms with van der Waals surface area (Å²) >= 11 is 17.7. The van der Waals surface area contributed by atoms with Crippen molar-refractivity contribution in [3.05, 3.63) is 57.0 Å². The van der Waals surface area contributed by atoms with E-state index < -0.39 is 0 Å². The number of carbonyl (C=O) groups is 1. The van der Waals surface area contributed by atoms with E-state index in [1.54, 1.807) is 24.3 Å². The molecule has 0 atom stereocenters. The van der Waals surface area contributed by atoms with Gasteiger partial charge in [0.25, 0.3) is 0 Å². The van der Waals surface area contributed by atoms with Crippen molar-refractivity contribution in [2.24, 2.45) is 0 Å². The van der Waals surface area contributed by atoms with Crippen LogP contribution in [0.1, 0.15) is 10.4 Å². The minimum Gasteiger partial charge on any atom is -0.456 e. The summed E-state index contributed by atoms with van der Waals surface area (Å²) < 4.78 is 5.55. The topological polar surface area (TPSA) is 26.3 Å². The molecule has 0 aromatic heterocycles. The first-order valence-electron chi connectivity index (χ1n) is 4.98. The molecule has 0 aliphatic rings. The molecule has 92 valence electrons. The van der Waals surface area contributed by atoms with Crippen LogP contribution in [0.4, 0.5) is 0 Å². The van der Waals surface area contributed by atoms with E-state index in [9.17, 15) is 4.79 Å². The maximum Gasteiger partial charge on any atom is 0.150 e. The molecular formula is C13H7Cl3O2. The van der Waals surface area contributed by atoms with E-state index in [0.717, 1.165) is 6.29 Å². The van der Waals surface area contributed by atoms with E-state index in [-0.39, 0.29) is 0 Å². The van der Waals surface area contributed by atoms with E-state index in [1.807, 2.05) is 0 Å². The van der Waals surface area contributed by atoms with Crippen LogP contribution >= 0.6 is 34.8 Å². The highest BCUT2D eigenvalue weighted by atomic mass is 35.5. The van der Waals surface area contributed by atoms with Crippen LogP contribution in [0.2, 0.25) is 15.1 Å². The van der Waals surface area contributed by atoms with Crippen molar-refractivity contribution in [1.29, 1.82) is 0 Å². The Labute approximate surface area is 119 Å². The molecule has 0 N–H and O–H groups in total. The zero-order valence-corrected chi connectivity index (χ0v) is 11.3. The Hall–Kier alpha value is -1.22. The second kappa shape index (κ2) is 5.61. The van der Waals surface area contributed by atoms with Gasteiger partial charge < -0.3 is 4.74 Å². The fourth-order valence-corrected chi connectivity index (χ4v) is 1.94. The maximum absolute atomic E-state index is 10.7. The lowest BCUT2D eigenvalue weighted by Gasteiger charge is -2.09. The highest BCUT2D eigenvalue weighted by Gasteiger charge is 2.08. The van der Waals surface area contributed by atoms with Gasteiger partial charge in [-0.2, -0.15) is 0 Å². The van der Waals surface area contributed by atoms with Crippen LogP contribution in [0, 0.1) is 0 Å². The molecule has 0 amide bonds. The number of rotatable bonds is 3. The van der Waals surface area contributed by atoms with Gasteiger partial charge in [0.15, 0.2) is 0 Å². The number of hydrogen-bond donors (Lipinski definition) is 0. The second-order valence-corrected chi connectivity index (χ2v) is 4.71. The number of aldehydes is 1. The largest absolute Gasteiger partial charge is 0.456 e. The summed E-state index contributed by atoms with van der Waals surface area (Å²) in [7, 11) is 0. The minimum absolute atomic E-state index is 0.348. The lowest BCUT2D eigenvalue weighted by Crippen LogP contribution is -1.87. The maximum atomic E-state index is 10.7. The molecule has 2 aromatic rings. The Bertz CT molecular complexity index is 597. The Morgan fingerprint density at radius 1 is 0.944 bits per heavy atom. The van der Waals surface area contributed by atoms with Gasteiger partial charge >= 0.3 is 0 Å². The van der Waals surface area contributed by atoms with Crippen LogP contribution in [0.25, 0.3) is 0 Å². The SMILES string of the molecule is O=Cc1cccc(Oc2cc(Cl)c(Cl)cc2Cl)c1. The summed E-state index contributed by atoms with van der Waals surface area (Å²) in [6, 6.07) is 9.74. The number of ether oxygens (including phenoxy) is 1. The third kappa shape index (κ3) is 2.96. The van der Waals surface area contributed by atoms with Crippen molar-refractivity contribution < 1.29 is 9.53 Å². The zero-order chi connectivity index (χ0) is 13.1. The highest BCUT2D eigenvalue weighted by Crippen LogP contribution is 2.36. The average molecular weight is 302 g/mol. The van der Waals surface area contributed by atoms with E-state index >= 15 is 0 Å².